The molecule has 218 valence electrons. The summed E-state index contributed by atoms with van der Waals surface area (Å²) >= 11 is 6.02. The van der Waals surface area contributed by atoms with Gasteiger partial charge in [-0.3, -0.25) is 13.9 Å². The highest BCUT2D eigenvalue weighted by Crippen LogP contribution is 2.49. The van der Waals surface area contributed by atoms with Crippen LogP contribution in [0.25, 0.3) is 11.2 Å². The van der Waals surface area contributed by atoms with E-state index in [4.69, 9.17) is 35.9 Å². The van der Waals surface area contributed by atoms with E-state index in [0.717, 1.165) is 10.9 Å². The number of nitrogens with zero attached hydrogens (tertiary/aromatic N) is 4. The Hall–Kier alpha value is -2.94. The van der Waals surface area contributed by atoms with Crippen LogP contribution >= 0.6 is 19.3 Å². The minimum absolute atomic E-state index is 0.0127. The molecule has 3 heterocycles. The fourth-order valence-electron chi connectivity index (χ4n) is 3.96. The standard InChI is InChI=1S/C23H28ClF2N6O7P/c1-13(2)38-19(33)14(3)31-40(35,39-15-7-5-4-6-8-15)37-10-22(9-25)20(34)23(26,11-36-22)32-12-28-16-17(24)29-21(27)30-18(16)32/h4-8,12-14,20,34H,9-11H2,1-3H3,(H,31,35)(H2,27,29,30). The molecule has 13 nitrogen and oxygen atoms in total. The number of anilines is 1. The fraction of sp³-hybridized carbons (Fsp3) is 0.478. The van der Waals surface area contributed by atoms with Crippen LogP contribution in [-0.2, 0) is 29.1 Å². The first-order valence-corrected chi connectivity index (χ1v) is 14.0. The van der Waals surface area contributed by atoms with Crippen LogP contribution < -0.4 is 15.3 Å². The molecule has 0 spiro atoms. The highest BCUT2D eigenvalue weighted by molar-refractivity contribution is 7.52. The van der Waals surface area contributed by atoms with E-state index >= 15 is 4.39 Å². The van der Waals surface area contributed by atoms with Crippen molar-refractivity contribution in [2.24, 2.45) is 0 Å². The number of para-hydroxylation sites is 1. The monoisotopic (exact) mass is 604 g/mol. The predicted octanol–water partition coefficient (Wildman–Crippen LogP) is 2.92. The number of nitrogens with one attached hydrogen (secondary N) is 1. The number of imidazole rings is 1. The van der Waals surface area contributed by atoms with Gasteiger partial charge in [-0.1, -0.05) is 29.8 Å². The summed E-state index contributed by atoms with van der Waals surface area (Å²) in [6.45, 7) is 1.34. The number of esters is 1. The van der Waals surface area contributed by atoms with Gasteiger partial charge in [0.15, 0.2) is 16.4 Å². The van der Waals surface area contributed by atoms with Crippen LogP contribution in [0.4, 0.5) is 14.7 Å². The van der Waals surface area contributed by atoms with Crippen LogP contribution in [0, 0.1) is 0 Å². The Morgan fingerprint density at radius 1 is 1.35 bits per heavy atom. The number of aromatic nitrogens is 4. The van der Waals surface area contributed by atoms with Crippen molar-refractivity contribution in [3.63, 3.8) is 0 Å². The molecule has 1 aromatic carbocycles. The van der Waals surface area contributed by atoms with Gasteiger partial charge in [-0.05, 0) is 32.9 Å². The maximum atomic E-state index is 16.4. The molecule has 17 heteroatoms. The number of nitrogen functional groups attached to an aromatic ring is 1. The Labute approximate surface area is 232 Å². The number of halogens is 3. The lowest BCUT2D eigenvalue weighted by molar-refractivity contribution is -0.149. The lowest BCUT2D eigenvalue weighted by Gasteiger charge is -2.33. The van der Waals surface area contributed by atoms with Crippen LogP contribution in [0.2, 0.25) is 5.15 Å². The predicted molar refractivity (Wildman–Crippen MR) is 139 cm³/mol. The minimum atomic E-state index is -4.49. The quantitative estimate of drug-likeness (QED) is 0.166. The van der Waals surface area contributed by atoms with E-state index in [1.165, 1.54) is 19.1 Å². The molecule has 0 saturated carbocycles. The molecule has 1 aliphatic rings. The first-order valence-electron chi connectivity index (χ1n) is 12.0. The summed E-state index contributed by atoms with van der Waals surface area (Å²) in [4.78, 5) is 24.0. The molecule has 0 aliphatic carbocycles. The molecule has 5 atom stereocenters. The molecule has 0 radical (unpaired) electrons. The van der Waals surface area contributed by atoms with E-state index < -0.39 is 63.2 Å². The van der Waals surface area contributed by atoms with Crippen molar-refractivity contribution in [3.05, 3.63) is 41.8 Å². The maximum Gasteiger partial charge on any atom is 0.459 e. The minimum Gasteiger partial charge on any atom is -0.462 e. The van der Waals surface area contributed by atoms with Crippen LogP contribution in [0.15, 0.2) is 36.7 Å². The van der Waals surface area contributed by atoms with Gasteiger partial charge in [0.1, 0.15) is 36.7 Å². The summed E-state index contributed by atoms with van der Waals surface area (Å²) in [5.41, 5.74) is 3.09. The zero-order valence-corrected chi connectivity index (χ0v) is 23.3. The third kappa shape index (κ3) is 5.90. The number of fused-ring (bicyclic) bond motifs is 1. The summed E-state index contributed by atoms with van der Waals surface area (Å²) in [6, 6.07) is 6.62. The molecule has 0 amide bonds. The topological polar surface area (TPSA) is 173 Å². The number of hydrogen-bond acceptors (Lipinski definition) is 11. The number of ether oxygens (including phenoxy) is 2. The van der Waals surface area contributed by atoms with Gasteiger partial charge >= 0.3 is 13.7 Å². The van der Waals surface area contributed by atoms with Gasteiger partial charge in [0.05, 0.1) is 19.0 Å². The van der Waals surface area contributed by atoms with E-state index in [9.17, 15) is 18.9 Å². The number of rotatable bonds is 11. The molecular formula is C23H28ClF2N6O7P. The van der Waals surface area contributed by atoms with Gasteiger partial charge in [-0.25, -0.2) is 18.3 Å². The van der Waals surface area contributed by atoms with Gasteiger partial charge in [0, 0.05) is 0 Å². The van der Waals surface area contributed by atoms with Crippen LogP contribution in [0.1, 0.15) is 20.8 Å². The van der Waals surface area contributed by atoms with E-state index in [0.29, 0.717) is 0 Å². The third-order valence-electron chi connectivity index (χ3n) is 5.98. The van der Waals surface area contributed by atoms with Crippen molar-refractivity contribution in [3.8, 4) is 5.75 Å². The molecule has 3 aromatic rings. The number of carbonyl (C=O) groups excluding carboxylic acids is 1. The summed E-state index contributed by atoms with van der Waals surface area (Å²) in [6.07, 6.45) is -1.71. The average molecular weight is 605 g/mol. The number of hydrogen-bond donors (Lipinski definition) is 3. The number of carbonyl (C=O) groups is 1. The number of nitrogens with two attached hydrogens (primary N) is 1. The van der Waals surface area contributed by atoms with Crippen molar-refractivity contribution < 1.29 is 41.8 Å². The molecule has 4 N–H and O–H groups in total. The summed E-state index contributed by atoms with van der Waals surface area (Å²) in [7, 11) is -4.49. The van der Waals surface area contributed by atoms with E-state index in [2.05, 4.69) is 20.0 Å². The first kappa shape index (κ1) is 30.0. The molecule has 40 heavy (non-hydrogen) atoms. The van der Waals surface area contributed by atoms with Crippen molar-refractivity contribution in [2.75, 3.05) is 25.6 Å². The van der Waals surface area contributed by atoms with Crippen molar-refractivity contribution >= 4 is 42.4 Å². The lowest BCUT2D eigenvalue weighted by atomic mass is 9.95. The maximum absolute atomic E-state index is 16.4. The number of alkyl halides is 2. The Morgan fingerprint density at radius 2 is 2.05 bits per heavy atom. The van der Waals surface area contributed by atoms with Gasteiger partial charge < -0.3 is 24.8 Å². The van der Waals surface area contributed by atoms with Gasteiger partial charge in [0.2, 0.25) is 11.7 Å². The van der Waals surface area contributed by atoms with Crippen molar-refractivity contribution in [1.29, 1.82) is 0 Å². The van der Waals surface area contributed by atoms with Gasteiger partial charge in [-0.2, -0.15) is 15.1 Å². The zero-order valence-electron chi connectivity index (χ0n) is 21.7. The molecule has 1 aliphatic heterocycles. The van der Waals surface area contributed by atoms with E-state index in [1.54, 1.807) is 32.0 Å². The first-order chi connectivity index (χ1) is 18.8. The highest BCUT2D eigenvalue weighted by atomic mass is 35.5. The second kappa shape index (κ2) is 11.5. The zero-order chi connectivity index (χ0) is 29.3. The summed E-state index contributed by atoms with van der Waals surface area (Å²) in [5, 5.41) is 13.4. The molecule has 0 bridgehead atoms. The Morgan fingerprint density at radius 3 is 2.70 bits per heavy atom. The van der Waals surface area contributed by atoms with E-state index in [-0.39, 0.29) is 28.0 Å². The second-order valence-corrected chi connectivity index (χ2v) is 11.4. The summed E-state index contributed by atoms with van der Waals surface area (Å²) < 4.78 is 67.0. The second-order valence-electron chi connectivity index (χ2n) is 9.38. The molecule has 1 fully saturated rings. The smallest absolute Gasteiger partial charge is 0.459 e. The van der Waals surface area contributed by atoms with Crippen molar-refractivity contribution in [1.82, 2.24) is 24.6 Å². The number of aliphatic hydroxyl groups excluding tert-OH is 1. The number of aliphatic hydroxyl groups is 1. The average Bonchev–Trinajstić information content (AvgIpc) is 3.43. The third-order valence-corrected chi connectivity index (χ3v) is 7.87. The Balaban J connectivity index is 1.61. The van der Waals surface area contributed by atoms with Gasteiger partial charge in [0.25, 0.3) is 0 Å². The van der Waals surface area contributed by atoms with Crippen LogP contribution in [0.3, 0.4) is 0 Å². The molecule has 1 saturated heterocycles. The number of benzene rings is 1. The largest absolute Gasteiger partial charge is 0.462 e. The summed E-state index contributed by atoms with van der Waals surface area (Å²) in [5.74, 6) is -3.78. The lowest BCUT2D eigenvalue weighted by Crippen LogP contribution is -2.53. The normalized spacial score (nSPS) is 25.1. The highest BCUT2D eigenvalue weighted by Gasteiger charge is 2.62. The SMILES string of the molecule is CC(C)OC(=O)C(C)NP(=O)(OCC1(CF)OCC(F)(n2cnc3c(Cl)nc(N)nc32)C1O)Oc1ccccc1. The Kier molecular flexibility index (Phi) is 8.64. The Bertz CT molecular complexity index is 1420. The van der Waals surface area contributed by atoms with Gasteiger partial charge in [-0.15, -0.1) is 0 Å². The van der Waals surface area contributed by atoms with Crippen LogP contribution in [-0.4, -0.2) is 74.3 Å². The molecule has 2 aromatic heterocycles. The molecule has 5 unspecified atom stereocenters. The molecular weight excluding hydrogens is 577 g/mol. The van der Waals surface area contributed by atoms with E-state index in [1.807, 2.05) is 0 Å². The van der Waals surface area contributed by atoms with Crippen LogP contribution in [0.5, 0.6) is 5.75 Å². The molecule has 4 rings (SSSR count). The van der Waals surface area contributed by atoms with Crippen molar-refractivity contribution in [2.45, 2.75) is 50.4 Å². The fourth-order valence-corrected chi connectivity index (χ4v) is 5.73.